The van der Waals surface area contributed by atoms with E-state index in [1.807, 2.05) is 35.3 Å². The zero-order valence-corrected chi connectivity index (χ0v) is 14.6. The Kier molecular flexibility index (Phi) is 4.56. The first-order valence-electron chi connectivity index (χ1n) is 7.80. The fraction of sp³-hybridized carbons (Fsp3) is 0.500. The summed E-state index contributed by atoms with van der Waals surface area (Å²) in [6, 6.07) is 2.03. The number of amides is 1. The van der Waals surface area contributed by atoms with Crippen LogP contribution >= 0.6 is 11.3 Å². The van der Waals surface area contributed by atoms with E-state index in [0.29, 0.717) is 19.5 Å². The molecule has 6 nitrogen and oxygen atoms in total. The summed E-state index contributed by atoms with van der Waals surface area (Å²) in [6.45, 7) is 3.39. The van der Waals surface area contributed by atoms with E-state index in [0.717, 1.165) is 40.6 Å². The zero-order chi connectivity index (χ0) is 16.4. The molecule has 0 saturated heterocycles. The van der Waals surface area contributed by atoms with Crippen molar-refractivity contribution in [3.63, 3.8) is 0 Å². The third-order valence-corrected chi connectivity index (χ3v) is 5.01. The molecular formula is C16H21N5OS. The van der Waals surface area contributed by atoms with Crippen LogP contribution in [0.5, 0.6) is 0 Å². The molecule has 7 heteroatoms. The number of thiazole rings is 1. The van der Waals surface area contributed by atoms with Crippen molar-refractivity contribution in [2.45, 2.75) is 32.7 Å². The summed E-state index contributed by atoms with van der Waals surface area (Å²) in [7, 11) is 3.88. The van der Waals surface area contributed by atoms with Gasteiger partial charge in [-0.25, -0.2) is 4.98 Å². The molecule has 2 aromatic rings. The van der Waals surface area contributed by atoms with Crippen molar-refractivity contribution in [3.05, 3.63) is 33.4 Å². The van der Waals surface area contributed by atoms with Gasteiger partial charge in [-0.1, -0.05) is 6.92 Å². The maximum absolute atomic E-state index is 12.5. The topological polar surface area (TPSA) is 62.2 Å². The summed E-state index contributed by atoms with van der Waals surface area (Å²) >= 11 is 1.63. The molecule has 23 heavy (non-hydrogen) atoms. The number of anilines is 1. The minimum Gasteiger partial charge on any atom is -0.361 e. The summed E-state index contributed by atoms with van der Waals surface area (Å²) in [6.07, 6.45) is 2.06. The van der Waals surface area contributed by atoms with Gasteiger partial charge in [-0.15, -0.1) is 16.4 Å². The number of nitrogens with zero attached hydrogens (tertiary/aromatic N) is 5. The lowest BCUT2D eigenvalue weighted by atomic mass is 10.1. The molecule has 1 aliphatic rings. The lowest BCUT2D eigenvalue weighted by Gasteiger charge is -2.28. The van der Waals surface area contributed by atoms with Crippen LogP contribution in [0.4, 0.5) is 5.82 Å². The van der Waals surface area contributed by atoms with Crippen LogP contribution in [0.1, 0.15) is 28.9 Å². The van der Waals surface area contributed by atoms with Gasteiger partial charge < -0.3 is 9.80 Å². The van der Waals surface area contributed by atoms with Gasteiger partial charge in [0.15, 0.2) is 5.82 Å². The summed E-state index contributed by atoms with van der Waals surface area (Å²) in [5.74, 6) is 0.956. The van der Waals surface area contributed by atoms with Crippen LogP contribution in [0.2, 0.25) is 0 Å². The minimum absolute atomic E-state index is 0.131. The molecule has 0 fully saturated rings. The van der Waals surface area contributed by atoms with Gasteiger partial charge in [0.1, 0.15) is 0 Å². The van der Waals surface area contributed by atoms with Gasteiger partial charge in [0.2, 0.25) is 5.91 Å². The molecule has 122 valence electrons. The molecule has 0 spiro atoms. The number of hydrogen-bond donors (Lipinski definition) is 0. The lowest BCUT2D eigenvalue weighted by Crippen LogP contribution is -2.37. The number of hydrogen-bond acceptors (Lipinski definition) is 6. The van der Waals surface area contributed by atoms with Crippen molar-refractivity contribution < 1.29 is 4.79 Å². The maximum atomic E-state index is 12.5. The number of aromatic nitrogens is 3. The average Bonchev–Trinajstić information content (AvgIpc) is 3.01. The molecule has 1 aliphatic heterocycles. The summed E-state index contributed by atoms with van der Waals surface area (Å²) in [5.41, 5.74) is 2.97. The number of carbonyl (C=O) groups is 1. The zero-order valence-electron chi connectivity index (χ0n) is 13.7. The fourth-order valence-electron chi connectivity index (χ4n) is 2.61. The van der Waals surface area contributed by atoms with Crippen molar-refractivity contribution in [1.29, 1.82) is 0 Å². The molecule has 3 rings (SSSR count). The van der Waals surface area contributed by atoms with Crippen molar-refractivity contribution >= 4 is 23.1 Å². The second-order valence-corrected chi connectivity index (χ2v) is 6.84. The van der Waals surface area contributed by atoms with Crippen LogP contribution in [0.25, 0.3) is 0 Å². The van der Waals surface area contributed by atoms with Gasteiger partial charge in [-0.3, -0.25) is 4.79 Å². The summed E-state index contributed by atoms with van der Waals surface area (Å²) in [5, 5.41) is 11.6. The molecule has 0 atom stereocenters. The maximum Gasteiger partial charge on any atom is 0.228 e. The van der Waals surface area contributed by atoms with E-state index < -0.39 is 0 Å². The van der Waals surface area contributed by atoms with Gasteiger partial charge in [-0.05, 0) is 18.1 Å². The van der Waals surface area contributed by atoms with Gasteiger partial charge in [0.05, 0.1) is 22.8 Å². The van der Waals surface area contributed by atoms with Crippen molar-refractivity contribution in [2.24, 2.45) is 0 Å². The second-order valence-electron chi connectivity index (χ2n) is 5.90. The highest BCUT2D eigenvalue weighted by molar-refractivity contribution is 7.09. The predicted molar refractivity (Wildman–Crippen MR) is 90.7 cm³/mol. The molecule has 0 unspecified atom stereocenters. The Labute approximate surface area is 140 Å². The van der Waals surface area contributed by atoms with E-state index >= 15 is 0 Å². The molecule has 3 heterocycles. The summed E-state index contributed by atoms with van der Waals surface area (Å²) in [4.78, 5) is 20.8. The second kappa shape index (κ2) is 6.62. The molecule has 2 aromatic heterocycles. The highest BCUT2D eigenvalue weighted by Crippen LogP contribution is 2.21. The third-order valence-electron chi connectivity index (χ3n) is 3.97. The largest absolute Gasteiger partial charge is 0.361 e. The van der Waals surface area contributed by atoms with E-state index in [2.05, 4.69) is 22.1 Å². The Morgan fingerprint density at radius 2 is 2.22 bits per heavy atom. The van der Waals surface area contributed by atoms with Crippen LogP contribution in [0, 0.1) is 0 Å². The van der Waals surface area contributed by atoms with Crippen molar-refractivity contribution in [3.8, 4) is 0 Å². The smallest absolute Gasteiger partial charge is 0.228 e. The Morgan fingerprint density at radius 3 is 2.91 bits per heavy atom. The Hall–Kier alpha value is -2.02. The van der Waals surface area contributed by atoms with Crippen LogP contribution in [-0.4, -0.2) is 46.6 Å². The van der Waals surface area contributed by atoms with Crippen molar-refractivity contribution in [1.82, 2.24) is 20.1 Å². The van der Waals surface area contributed by atoms with Gasteiger partial charge in [0, 0.05) is 39.0 Å². The van der Waals surface area contributed by atoms with E-state index in [-0.39, 0.29) is 5.91 Å². The SMILES string of the molecule is CCc1nc(CC(=O)N2CCc3nnc(N(C)C)cc3C2)cs1. The molecule has 0 aliphatic carbocycles. The first-order valence-corrected chi connectivity index (χ1v) is 8.68. The molecule has 0 aromatic carbocycles. The van der Waals surface area contributed by atoms with Crippen LogP contribution in [0.3, 0.4) is 0 Å². The Bertz CT molecular complexity index is 712. The normalized spacial score (nSPS) is 13.8. The molecule has 0 bridgehead atoms. The predicted octanol–water partition coefficient (Wildman–Crippen LogP) is 1.69. The van der Waals surface area contributed by atoms with Gasteiger partial charge in [0.25, 0.3) is 0 Å². The summed E-state index contributed by atoms with van der Waals surface area (Å²) < 4.78 is 0. The quantitative estimate of drug-likeness (QED) is 0.853. The average molecular weight is 331 g/mol. The molecule has 0 saturated carbocycles. The van der Waals surface area contributed by atoms with Crippen molar-refractivity contribution in [2.75, 3.05) is 25.5 Å². The first kappa shape index (κ1) is 15.9. The van der Waals surface area contributed by atoms with Gasteiger partial charge in [-0.2, -0.15) is 5.10 Å². The highest BCUT2D eigenvalue weighted by Gasteiger charge is 2.23. The highest BCUT2D eigenvalue weighted by atomic mass is 32.1. The van der Waals surface area contributed by atoms with Crippen LogP contribution in [-0.2, 0) is 30.6 Å². The number of rotatable bonds is 4. The van der Waals surface area contributed by atoms with Crippen LogP contribution in [0.15, 0.2) is 11.4 Å². The number of fused-ring (bicyclic) bond motifs is 1. The van der Waals surface area contributed by atoms with E-state index in [1.165, 1.54) is 0 Å². The van der Waals surface area contributed by atoms with Gasteiger partial charge >= 0.3 is 0 Å². The molecular weight excluding hydrogens is 310 g/mol. The Morgan fingerprint density at radius 1 is 1.39 bits per heavy atom. The van der Waals surface area contributed by atoms with Crippen LogP contribution < -0.4 is 4.90 Å². The molecule has 0 N–H and O–H groups in total. The molecule has 1 amide bonds. The number of aryl methyl sites for hydroxylation is 1. The lowest BCUT2D eigenvalue weighted by molar-refractivity contribution is -0.131. The van der Waals surface area contributed by atoms with E-state index in [1.54, 1.807) is 11.3 Å². The van der Waals surface area contributed by atoms with E-state index in [9.17, 15) is 4.79 Å². The standard InChI is InChI=1S/C16H21N5OS/c1-4-15-17-12(10-23-15)8-16(22)21-6-5-13-11(9-21)7-14(19-18-13)20(2)3/h7,10H,4-6,8-9H2,1-3H3. The van der Waals surface area contributed by atoms with E-state index in [4.69, 9.17) is 0 Å². The third kappa shape index (κ3) is 3.50. The first-order chi connectivity index (χ1) is 11.1. The Balaban J connectivity index is 1.70. The number of carbonyl (C=O) groups excluding carboxylic acids is 1. The molecule has 0 radical (unpaired) electrons. The fourth-order valence-corrected chi connectivity index (χ4v) is 3.35. The minimum atomic E-state index is 0.131. The monoisotopic (exact) mass is 331 g/mol.